The largest absolute Gasteiger partial charge is 0.497 e. The highest BCUT2D eigenvalue weighted by atomic mass is 16.6. The summed E-state index contributed by atoms with van der Waals surface area (Å²) in [7, 11) is 3.09. The molecule has 116 valence electrons. The molecule has 3 N–H and O–H groups in total. The lowest BCUT2D eigenvalue weighted by molar-refractivity contribution is -0.133. The van der Waals surface area contributed by atoms with Gasteiger partial charge in [-0.2, -0.15) is 0 Å². The number of anilines is 1. The van der Waals surface area contributed by atoms with Crippen molar-refractivity contribution in [3.63, 3.8) is 0 Å². The first-order valence-electron chi connectivity index (χ1n) is 6.53. The maximum atomic E-state index is 12.3. The summed E-state index contributed by atoms with van der Waals surface area (Å²) < 4.78 is 10.3. The first-order valence-corrected chi connectivity index (χ1v) is 6.53. The van der Waals surface area contributed by atoms with Crippen molar-refractivity contribution in [1.82, 2.24) is 0 Å². The Morgan fingerprint density at radius 3 is 2.38 bits per heavy atom. The van der Waals surface area contributed by atoms with Crippen molar-refractivity contribution in [2.24, 2.45) is 0 Å². The smallest absolute Gasteiger partial charge is 0.258 e. The topological polar surface area (TPSA) is 99.5 Å². The van der Waals surface area contributed by atoms with Gasteiger partial charge in [-0.3, -0.25) is 4.79 Å². The Hall–Kier alpha value is -1.67. The summed E-state index contributed by atoms with van der Waals surface area (Å²) in [6, 6.07) is 6.79. The van der Waals surface area contributed by atoms with Gasteiger partial charge in [0.2, 0.25) is 0 Å². The molecule has 0 aliphatic carbocycles. The molecule has 2 rings (SSSR count). The molecule has 0 bridgehead atoms. The highest BCUT2D eigenvalue weighted by molar-refractivity contribution is 5.96. The van der Waals surface area contributed by atoms with Crippen molar-refractivity contribution >= 4 is 11.6 Å². The molecule has 0 aromatic heterocycles. The summed E-state index contributed by atoms with van der Waals surface area (Å²) in [6.45, 7) is -0.464. The van der Waals surface area contributed by atoms with Crippen LogP contribution in [0.15, 0.2) is 24.3 Å². The number of methoxy groups -OCH3 is 1. The lowest BCUT2D eigenvalue weighted by Crippen LogP contribution is -2.43. The van der Waals surface area contributed by atoms with E-state index >= 15 is 0 Å². The van der Waals surface area contributed by atoms with Crippen LogP contribution in [0.4, 0.5) is 5.69 Å². The van der Waals surface area contributed by atoms with Crippen LogP contribution in [0.1, 0.15) is 0 Å². The normalized spacial score (nSPS) is 28.4. The van der Waals surface area contributed by atoms with E-state index in [2.05, 4.69) is 0 Å². The van der Waals surface area contributed by atoms with Crippen LogP contribution in [0.2, 0.25) is 0 Å². The fourth-order valence-corrected chi connectivity index (χ4v) is 2.23. The summed E-state index contributed by atoms with van der Waals surface area (Å²) in [5, 5.41) is 28.6. The standard InChI is InChI=1S/C14H19NO6/c1-15(8-3-5-9(20-2)6-4-8)14(19)13-12(18)11(17)10(7-16)21-13/h3-6,10-13,16-18H,7H2,1-2H3/t10-,11-,12-,13?/m1/s1. The van der Waals surface area contributed by atoms with Crippen LogP contribution in [0.3, 0.4) is 0 Å². The average molecular weight is 297 g/mol. The van der Waals surface area contributed by atoms with E-state index in [0.717, 1.165) is 0 Å². The lowest BCUT2D eigenvalue weighted by Gasteiger charge is -2.22. The number of rotatable bonds is 4. The Bertz CT molecular complexity index is 491. The summed E-state index contributed by atoms with van der Waals surface area (Å²) in [5.74, 6) is 0.162. The van der Waals surface area contributed by atoms with Crippen LogP contribution in [0.5, 0.6) is 5.75 Å². The molecule has 1 aliphatic rings. The third-order valence-corrected chi connectivity index (χ3v) is 3.58. The number of benzene rings is 1. The molecular weight excluding hydrogens is 278 g/mol. The van der Waals surface area contributed by atoms with E-state index in [0.29, 0.717) is 11.4 Å². The Labute approximate surface area is 122 Å². The molecule has 0 spiro atoms. The van der Waals surface area contributed by atoms with E-state index in [1.807, 2.05) is 0 Å². The molecule has 1 heterocycles. The molecular formula is C14H19NO6. The number of aliphatic hydroxyl groups is 3. The van der Waals surface area contributed by atoms with E-state index in [-0.39, 0.29) is 0 Å². The summed E-state index contributed by atoms with van der Waals surface area (Å²) in [5.41, 5.74) is 0.596. The molecule has 1 aromatic carbocycles. The zero-order chi connectivity index (χ0) is 15.6. The van der Waals surface area contributed by atoms with Crippen molar-refractivity contribution in [2.45, 2.75) is 24.4 Å². The number of aliphatic hydroxyl groups excluding tert-OH is 3. The molecule has 7 heteroatoms. The zero-order valence-corrected chi connectivity index (χ0v) is 11.8. The van der Waals surface area contributed by atoms with Crippen LogP contribution < -0.4 is 9.64 Å². The predicted octanol–water partition coefficient (Wildman–Crippen LogP) is -0.861. The Morgan fingerprint density at radius 2 is 1.90 bits per heavy atom. The average Bonchev–Trinajstić information content (AvgIpc) is 2.81. The first-order chi connectivity index (χ1) is 9.99. The molecule has 1 fully saturated rings. The van der Waals surface area contributed by atoms with Gasteiger partial charge in [0.05, 0.1) is 13.7 Å². The SMILES string of the molecule is COc1ccc(N(C)C(=O)C2O[C@H](CO)[C@@H](O)[C@H]2O)cc1. The number of ether oxygens (including phenoxy) is 2. The number of hydrogen-bond donors (Lipinski definition) is 3. The van der Waals surface area contributed by atoms with Gasteiger partial charge in [0.25, 0.3) is 5.91 Å². The van der Waals surface area contributed by atoms with Crippen LogP contribution in [-0.2, 0) is 9.53 Å². The van der Waals surface area contributed by atoms with Crippen molar-refractivity contribution in [1.29, 1.82) is 0 Å². The highest BCUT2D eigenvalue weighted by Crippen LogP contribution is 2.25. The van der Waals surface area contributed by atoms with Crippen LogP contribution >= 0.6 is 0 Å². The maximum absolute atomic E-state index is 12.3. The van der Waals surface area contributed by atoms with E-state index in [1.54, 1.807) is 38.4 Å². The monoisotopic (exact) mass is 297 g/mol. The molecule has 1 aromatic rings. The number of amides is 1. The fraction of sp³-hybridized carbons (Fsp3) is 0.500. The molecule has 1 unspecified atom stereocenters. The van der Waals surface area contributed by atoms with Gasteiger partial charge in [-0.05, 0) is 24.3 Å². The molecule has 1 amide bonds. The van der Waals surface area contributed by atoms with Crippen molar-refractivity contribution in [2.75, 3.05) is 25.7 Å². The van der Waals surface area contributed by atoms with Gasteiger partial charge in [0.1, 0.15) is 24.1 Å². The van der Waals surface area contributed by atoms with Crippen molar-refractivity contribution < 1.29 is 29.6 Å². The van der Waals surface area contributed by atoms with Gasteiger partial charge in [-0.1, -0.05) is 0 Å². The molecule has 1 saturated heterocycles. The first kappa shape index (κ1) is 15.7. The van der Waals surface area contributed by atoms with Gasteiger partial charge in [0.15, 0.2) is 6.10 Å². The Balaban J connectivity index is 2.11. The van der Waals surface area contributed by atoms with Crippen LogP contribution in [0, 0.1) is 0 Å². The minimum absolute atomic E-state index is 0.464. The number of hydrogen-bond acceptors (Lipinski definition) is 6. The second-order valence-corrected chi connectivity index (χ2v) is 4.85. The van der Waals surface area contributed by atoms with Gasteiger partial charge in [0, 0.05) is 12.7 Å². The second-order valence-electron chi connectivity index (χ2n) is 4.85. The number of likely N-dealkylation sites (N-methyl/N-ethyl adjacent to an activating group) is 1. The van der Waals surface area contributed by atoms with Gasteiger partial charge in [-0.25, -0.2) is 0 Å². The van der Waals surface area contributed by atoms with Crippen molar-refractivity contribution in [3.8, 4) is 5.75 Å². The third-order valence-electron chi connectivity index (χ3n) is 3.58. The number of carbonyl (C=O) groups excluding carboxylic acids is 1. The van der Waals surface area contributed by atoms with E-state index in [1.165, 1.54) is 4.90 Å². The van der Waals surface area contributed by atoms with E-state index in [9.17, 15) is 15.0 Å². The molecule has 7 nitrogen and oxygen atoms in total. The van der Waals surface area contributed by atoms with Crippen LogP contribution in [-0.4, -0.2) is 66.4 Å². The second kappa shape index (κ2) is 6.40. The highest BCUT2D eigenvalue weighted by Gasteiger charge is 2.46. The molecule has 0 radical (unpaired) electrons. The fourth-order valence-electron chi connectivity index (χ4n) is 2.23. The zero-order valence-electron chi connectivity index (χ0n) is 11.8. The molecule has 0 saturated carbocycles. The minimum atomic E-state index is -1.37. The van der Waals surface area contributed by atoms with Crippen LogP contribution in [0.25, 0.3) is 0 Å². The predicted molar refractivity (Wildman–Crippen MR) is 74.2 cm³/mol. The van der Waals surface area contributed by atoms with Gasteiger partial charge >= 0.3 is 0 Å². The van der Waals surface area contributed by atoms with Gasteiger partial charge in [-0.15, -0.1) is 0 Å². The van der Waals surface area contributed by atoms with Crippen molar-refractivity contribution in [3.05, 3.63) is 24.3 Å². The lowest BCUT2D eigenvalue weighted by atomic mass is 10.1. The Morgan fingerprint density at radius 1 is 1.29 bits per heavy atom. The maximum Gasteiger partial charge on any atom is 0.258 e. The van der Waals surface area contributed by atoms with E-state index < -0.39 is 36.9 Å². The van der Waals surface area contributed by atoms with E-state index in [4.69, 9.17) is 14.6 Å². The summed E-state index contributed by atoms with van der Waals surface area (Å²) >= 11 is 0. The number of carbonyl (C=O) groups is 1. The Kier molecular flexibility index (Phi) is 4.79. The molecule has 1 aliphatic heterocycles. The summed E-state index contributed by atoms with van der Waals surface area (Å²) in [6.07, 6.45) is -4.81. The number of nitrogens with zero attached hydrogens (tertiary/aromatic N) is 1. The van der Waals surface area contributed by atoms with Gasteiger partial charge < -0.3 is 29.7 Å². The molecule has 4 atom stereocenters. The quantitative estimate of drug-likeness (QED) is 0.669. The third kappa shape index (κ3) is 3.01. The summed E-state index contributed by atoms with van der Waals surface area (Å²) in [4.78, 5) is 13.7. The molecule has 21 heavy (non-hydrogen) atoms. The minimum Gasteiger partial charge on any atom is -0.497 e.